The normalized spacial score (nSPS) is 15.2. The number of benzene rings is 1. The van der Waals surface area contributed by atoms with E-state index in [2.05, 4.69) is 10.3 Å². The molecule has 2 aromatic rings. The van der Waals surface area contributed by atoms with Crippen LogP contribution in [0.1, 0.15) is 43.2 Å². The maximum atomic E-state index is 12.5. The number of rotatable bonds is 6. The summed E-state index contributed by atoms with van der Waals surface area (Å²) in [5, 5.41) is 3.00. The molecule has 0 saturated carbocycles. The Morgan fingerprint density at radius 2 is 2.08 bits per heavy atom. The highest BCUT2D eigenvalue weighted by Crippen LogP contribution is 2.22. The molecule has 5 nitrogen and oxygen atoms in total. The predicted octanol–water partition coefficient (Wildman–Crippen LogP) is 3.02. The van der Waals surface area contributed by atoms with Crippen molar-refractivity contribution in [2.24, 2.45) is 0 Å². The molecule has 1 atom stereocenters. The van der Waals surface area contributed by atoms with Crippen molar-refractivity contribution in [3.63, 3.8) is 0 Å². The van der Waals surface area contributed by atoms with Crippen LogP contribution in [-0.4, -0.2) is 23.3 Å². The van der Waals surface area contributed by atoms with E-state index in [1.54, 1.807) is 17.3 Å². The minimum atomic E-state index is -0.155. The van der Waals surface area contributed by atoms with Gasteiger partial charge in [-0.3, -0.25) is 14.6 Å². The van der Waals surface area contributed by atoms with Gasteiger partial charge in [0.05, 0.1) is 17.8 Å². The van der Waals surface area contributed by atoms with Gasteiger partial charge in [-0.05, 0) is 30.0 Å². The summed E-state index contributed by atoms with van der Waals surface area (Å²) >= 11 is 0. The molecule has 1 fully saturated rings. The molecule has 25 heavy (non-hydrogen) atoms. The van der Waals surface area contributed by atoms with Crippen LogP contribution < -0.4 is 10.2 Å². The molecular weight excluding hydrogens is 314 g/mol. The molecule has 0 aliphatic carbocycles. The zero-order chi connectivity index (χ0) is 17.6. The van der Waals surface area contributed by atoms with Gasteiger partial charge >= 0.3 is 0 Å². The monoisotopic (exact) mass is 337 g/mol. The lowest BCUT2D eigenvalue weighted by Gasteiger charge is -2.17. The first-order valence-electron chi connectivity index (χ1n) is 8.76. The predicted molar refractivity (Wildman–Crippen MR) is 97.1 cm³/mol. The topological polar surface area (TPSA) is 62.3 Å². The lowest BCUT2D eigenvalue weighted by molar-refractivity contribution is -0.122. The molecule has 5 heteroatoms. The zero-order valence-corrected chi connectivity index (χ0v) is 14.4. The van der Waals surface area contributed by atoms with Crippen molar-refractivity contribution in [3.8, 4) is 0 Å². The van der Waals surface area contributed by atoms with Crippen molar-refractivity contribution in [2.75, 3.05) is 11.4 Å². The molecule has 2 heterocycles. The van der Waals surface area contributed by atoms with Gasteiger partial charge in [0.2, 0.25) is 11.8 Å². The molecule has 0 bridgehead atoms. The number of amides is 2. The molecule has 3 rings (SSSR count). The van der Waals surface area contributed by atoms with Crippen LogP contribution in [0.15, 0.2) is 48.8 Å². The molecule has 1 aliphatic rings. The average molecular weight is 337 g/mol. The Kier molecular flexibility index (Phi) is 5.43. The first kappa shape index (κ1) is 17.1. The molecule has 1 aromatic heterocycles. The second kappa shape index (κ2) is 7.92. The maximum Gasteiger partial charge on any atom is 0.227 e. The molecule has 1 aromatic carbocycles. The van der Waals surface area contributed by atoms with Crippen molar-refractivity contribution in [2.45, 2.75) is 38.6 Å². The van der Waals surface area contributed by atoms with Crippen molar-refractivity contribution in [3.05, 3.63) is 59.9 Å². The van der Waals surface area contributed by atoms with Gasteiger partial charge in [-0.1, -0.05) is 37.3 Å². The molecule has 2 amide bonds. The highest BCUT2D eigenvalue weighted by atomic mass is 16.2. The number of hydrogen-bond acceptors (Lipinski definition) is 3. The quantitative estimate of drug-likeness (QED) is 0.881. The van der Waals surface area contributed by atoms with Crippen molar-refractivity contribution in [1.29, 1.82) is 0 Å². The summed E-state index contributed by atoms with van der Waals surface area (Å²) in [6.07, 6.45) is 5.66. The number of pyridine rings is 1. The van der Waals surface area contributed by atoms with E-state index in [1.807, 2.05) is 43.3 Å². The van der Waals surface area contributed by atoms with Gasteiger partial charge in [0, 0.05) is 25.7 Å². The van der Waals surface area contributed by atoms with Crippen LogP contribution in [0.3, 0.4) is 0 Å². The summed E-state index contributed by atoms with van der Waals surface area (Å²) < 4.78 is 0. The highest BCUT2D eigenvalue weighted by Gasteiger charge is 2.22. The number of hydrogen-bond donors (Lipinski definition) is 1. The minimum absolute atomic E-state index is 0.0105. The number of anilines is 1. The fourth-order valence-electron chi connectivity index (χ4n) is 3.21. The van der Waals surface area contributed by atoms with Gasteiger partial charge in [0.15, 0.2) is 0 Å². The number of carbonyl (C=O) groups is 2. The SMILES string of the molecule is CC[C@@H](C(=O)NCc1cncc(N2CCCC2=O)c1)c1ccccc1. The summed E-state index contributed by atoms with van der Waals surface area (Å²) in [6.45, 7) is 3.16. The first-order chi connectivity index (χ1) is 12.2. The molecule has 1 aliphatic heterocycles. The van der Waals surface area contributed by atoms with Gasteiger partial charge in [-0.2, -0.15) is 0 Å². The highest BCUT2D eigenvalue weighted by molar-refractivity contribution is 5.95. The van der Waals surface area contributed by atoms with E-state index >= 15 is 0 Å². The van der Waals surface area contributed by atoms with E-state index in [9.17, 15) is 9.59 Å². The van der Waals surface area contributed by atoms with Crippen LogP contribution in [0.25, 0.3) is 0 Å². The van der Waals surface area contributed by atoms with E-state index in [0.29, 0.717) is 13.0 Å². The Hall–Kier alpha value is -2.69. The van der Waals surface area contributed by atoms with E-state index < -0.39 is 0 Å². The number of nitrogens with zero attached hydrogens (tertiary/aromatic N) is 2. The fourth-order valence-corrected chi connectivity index (χ4v) is 3.21. The Morgan fingerprint density at radius 3 is 2.76 bits per heavy atom. The summed E-state index contributed by atoms with van der Waals surface area (Å²) in [5.74, 6) is -0.00744. The average Bonchev–Trinajstić information content (AvgIpc) is 3.08. The van der Waals surface area contributed by atoms with Gasteiger partial charge in [0.1, 0.15) is 0 Å². The van der Waals surface area contributed by atoms with Crippen LogP contribution in [0.2, 0.25) is 0 Å². The smallest absolute Gasteiger partial charge is 0.227 e. The van der Waals surface area contributed by atoms with Gasteiger partial charge in [-0.25, -0.2) is 0 Å². The van der Waals surface area contributed by atoms with Gasteiger partial charge in [0.25, 0.3) is 0 Å². The second-order valence-electron chi connectivity index (χ2n) is 6.29. The molecule has 0 unspecified atom stereocenters. The van der Waals surface area contributed by atoms with Gasteiger partial charge in [-0.15, -0.1) is 0 Å². The van der Waals surface area contributed by atoms with Gasteiger partial charge < -0.3 is 10.2 Å². The minimum Gasteiger partial charge on any atom is -0.351 e. The third-order valence-electron chi connectivity index (χ3n) is 4.56. The molecule has 130 valence electrons. The van der Waals surface area contributed by atoms with Crippen LogP contribution in [0.4, 0.5) is 5.69 Å². The molecule has 0 radical (unpaired) electrons. The van der Waals surface area contributed by atoms with Crippen molar-refractivity contribution in [1.82, 2.24) is 10.3 Å². The summed E-state index contributed by atoms with van der Waals surface area (Å²) in [6, 6.07) is 11.7. The Morgan fingerprint density at radius 1 is 1.28 bits per heavy atom. The lowest BCUT2D eigenvalue weighted by atomic mass is 9.95. The standard InChI is InChI=1S/C20H23N3O2/c1-2-18(16-7-4-3-5-8-16)20(25)22-13-15-11-17(14-21-12-15)23-10-6-9-19(23)24/h3-5,7-8,11-12,14,18H,2,6,9-10,13H2,1H3,(H,22,25)/t18-/m1/s1. The third kappa shape index (κ3) is 4.05. The maximum absolute atomic E-state index is 12.5. The summed E-state index contributed by atoms with van der Waals surface area (Å²) in [4.78, 5) is 30.4. The largest absolute Gasteiger partial charge is 0.351 e. The zero-order valence-electron chi connectivity index (χ0n) is 14.4. The lowest BCUT2D eigenvalue weighted by Crippen LogP contribution is -2.29. The van der Waals surface area contributed by atoms with E-state index in [1.165, 1.54) is 0 Å². The Labute approximate surface area is 148 Å². The van der Waals surface area contributed by atoms with Crippen molar-refractivity contribution < 1.29 is 9.59 Å². The third-order valence-corrected chi connectivity index (χ3v) is 4.56. The van der Waals surface area contributed by atoms with Crippen LogP contribution in [-0.2, 0) is 16.1 Å². The number of nitrogens with one attached hydrogen (secondary N) is 1. The molecule has 1 saturated heterocycles. The molecular formula is C20H23N3O2. The summed E-state index contributed by atoms with van der Waals surface area (Å²) in [7, 11) is 0. The van der Waals surface area contributed by atoms with Crippen LogP contribution >= 0.6 is 0 Å². The van der Waals surface area contributed by atoms with Crippen LogP contribution in [0.5, 0.6) is 0 Å². The van der Waals surface area contributed by atoms with E-state index in [4.69, 9.17) is 0 Å². The van der Waals surface area contributed by atoms with Crippen molar-refractivity contribution >= 4 is 17.5 Å². The molecule has 1 N–H and O–H groups in total. The summed E-state index contributed by atoms with van der Waals surface area (Å²) in [5.41, 5.74) is 2.73. The number of aromatic nitrogens is 1. The Bertz CT molecular complexity index is 746. The second-order valence-corrected chi connectivity index (χ2v) is 6.29. The fraction of sp³-hybridized carbons (Fsp3) is 0.350. The van der Waals surface area contributed by atoms with E-state index in [0.717, 1.165) is 36.2 Å². The first-order valence-corrected chi connectivity index (χ1v) is 8.76. The van der Waals surface area contributed by atoms with Crippen LogP contribution in [0, 0.1) is 0 Å². The number of carbonyl (C=O) groups excluding carboxylic acids is 2. The Balaban J connectivity index is 1.65. The molecule has 0 spiro atoms. The van der Waals surface area contributed by atoms with E-state index in [-0.39, 0.29) is 17.7 Å².